The predicted molar refractivity (Wildman–Crippen MR) is 111 cm³/mol. The molecule has 0 atom stereocenters. The van der Waals surface area contributed by atoms with Crippen LogP contribution in [0.25, 0.3) is 0 Å². The van der Waals surface area contributed by atoms with Gasteiger partial charge < -0.3 is 14.8 Å². The Bertz CT molecular complexity index is 774. The molecule has 0 bridgehead atoms. The first-order chi connectivity index (χ1) is 13.1. The van der Waals surface area contributed by atoms with Gasteiger partial charge in [-0.2, -0.15) is 0 Å². The molecule has 1 aromatic rings. The molecule has 1 N–H and O–H groups in total. The van der Waals surface area contributed by atoms with Gasteiger partial charge in [-0.15, -0.1) is 0 Å². The highest BCUT2D eigenvalue weighted by atomic mass is 16.5. The van der Waals surface area contributed by atoms with Crippen LogP contribution < -0.4 is 9.80 Å². The number of hydrogen-bond acceptors (Lipinski definition) is 5. The summed E-state index contributed by atoms with van der Waals surface area (Å²) in [5, 5.41) is 3.15. The topological polar surface area (TPSA) is 64.6 Å². The van der Waals surface area contributed by atoms with Crippen molar-refractivity contribution in [2.75, 3.05) is 34.4 Å². The van der Waals surface area contributed by atoms with Gasteiger partial charge in [0, 0.05) is 11.4 Å². The largest absolute Gasteiger partial charge is 0.463 e. The number of nitrogens with zero attached hydrogens (tertiary/aromatic N) is 1. The minimum Gasteiger partial charge on any atom is -0.463 e. The number of allylic oxidation sites excluding steroid dienone is 2. The fourth-order valence-corrected chi connectivity index (χ4v) is 3.40. The summed E-state index contributed by atoms with van der Waals surface area (Å²) in [6.45, 7) is 7.71. The van der Waals surface area contributed by atoms with Gasteiger partial charge in [0.1, 0.15) is 5.69 Å². The molecule has 0 aliphatic carbocycles. The minimum absolute atomic E-state index is 0.264. The van der Waals surface area contributed by atoms with Crippen molar-refractivity contribution in [1.82, 2.24) is 9.80 Å². The van der Waals surface area contributed by atoms with Crippen molar-refractivity contribution in [3.8, 4) is 0 Å². The first kappa shape index (κ1) is 21.7. The highest BCUT2D eigenvalue weighted by Crippen LogP contribution is 2.39. The van der Waals surface area contributed by atoms with E-state index in [1.165, 1.54) is 0 Å². The van der Waals surface area contributed by atoms with E-state index < -0.39 is 17.9 Å². The molecule has 0 aromatic heterocycles. The molecule has 0 unspecified atom stereocenters. The molecule has 0 fully saturated rings. The summed E-state index contributed by atoms with van der Waals surface area (Å²) < 4.78 is 11.3. The van der Waals surface area contributed by atoms with Crippen LogP contribution in [-0.4, -0.2) is 46.3 Å². The van der Waals surface area contributed by atoms with Crippen LogP contribution in [0, 0.1) is 0 Å². The average Bonchev–Trinajstić information content (AvgIpc) is 2.60. The maximum absolute atomic E-state index is 12.8. The lowest BCUT2D eigenvalue weighted by atomic mass is 9.80. The van der Waals surface area contributed by atoms with Crippen molar-refractivity contribution < 1.29 is 19.1 Å². The van der Waals surface area contributed by atoms with Crippen molar-refractivity contribution in [2.45, 2.75) is 33.6 Å². The van der Waals surface area contributed by atoms with Crippen molar-refractivity contribution >= 4 is 17.6 Å². The number of ether oxygens (including phenoxy) is 2. The summed E-state index contributed by atoms with van der Waals surface area (Å²) >= 11 is 0. The Morgan fingerprint density at radius 2 is 1.32 bits per heavy atom. The van der Waals surface area contributed by atoms with Crippen LogP contribution in [0.15, 0.2) is 46.8 Å². The van der Waals surface area contributed by atoms with Crippen molar-refractivity contribution in [3.63, 3.8) is 0 Å². The van der Waals surface area contributed by atoms with Gasteiger partial charge in [0.25, 0.3) is 0 Å². The molecular formula is C22H31N2O4+. The fourth-order valence-electron chi connectivity index (χ4n) is 3.40. The third kappa shape index (κ3) is 4.44. The van der Waals surface area contributed by atoms with Crippen molar-refractivity contribution in [1.29, 1.82) is 0 Å². The van der Waals surface area contributed by atoms with Gasteiger partial charge in [-0.3, -0.25) is 4.48 Å². The van der Waals surface area contributed by atoms with Gasteiger partial charge in [-0.25, -0.2) is 9.59 Å². The lowest BCUT2D eigenvalue weighted by Crippen LogP contribution is -2.35. The smallest absolute Gasteiger partial charge is 0.336 e. The van der Waals surface area contributed by atoms with Crippen LogP contribution in [0.2, 0.25) is 0 Å². The third-order valence-corrected chi connectivity index (χ3v) is 4.75. The summed E-state index contributed by atoms with van der Waals surface area (Å²) in [6.07, 6.45) is 0. The monoisotopic (exact) mass is 387 g/mol. The number of dihydropyridines is 1. The first-order valence-corrected chi connectivity index (χ1v) is 9.56. The van der Waals surface area contributed by atoms with Crippen LogP contribution in [0.4, 0.5) is 5.69 Å². The molecule has 152 valence electrons. The zero-order valence-corrected chi connectivity index (χ0v) is 17.9. The van der Waals surface area contributed by atoms with Crippen molar-refractivity contribution in [2.24, 2.45) is 0 Å². The van der Waals surface area contributed by atoms with E-state index in [4.69, 9.17) is 9.47 Å². The molecule has 6 heteroatoms. The molecule has 28 heavy (non-hydrogen) atoms. The number of esters is 2. The molecule has 1 heterocycles. The van der Waals surface area contributed by atoms with Gasteiger partial charge in [-0.1, -0.05) is 12.1 Å². The Kier molecular flexibility index (Phi) is 6.67. The molecular weight excluding hydrogens is 356 g/mol. The van der Waals surface area contributed by atoms with Crippen LogP contribution in [0.1, 0.15) is 39.2 Å². The standard InChI is InChI=1S/C22H30N2O4/c1-8-27-21(25)18-14(3)23-15(4)19(22(26)28-9-2)20(18)16-10-12-17(13-11-16)24(5,6)7/h10-13,20H,8-9H2,1-7H3/p+1. The molecule has 1 aliphatic heterocycles. The predicted octanol–water partition coefficient (Wildman–Crippen LogP) is 3.24. The average molecular weight is 388 g/mol. The zero-order chi connectivity index (χ0) is 21.1. The van der Waals surface area contributed by atoms with E-state index in [9.17, 15) is 9.59 Å². The van der Waals surface area contributed by atoms with E-state index in [1.807, 2.05) is 38.1 Å². The van der Waals surface area contributed by atoms with Crippen LogP contribution >= 0.6 is 0 Å². The number of nitrogens with one attached hydrogen (secondary N) is 1. The molecule has 0 saturated carbocycles. The van der Waals surface area contributed by atoms with E-state index in [0.29, 0.717) is 27.0 Å². The molecule has 1 aromatic carbocycles. The lowest BCUT2D eigenvalue weighted by Gasteiger charge is -2.31. The van der Waals surface area contributed by atoms with E-state index in [2.05, 4.69) is 26.5 Å². The second kappa shape index (κ2) is 8.61. The summed E-state index contributed by atoms with van der Waals surface area (Å²) in [5.74, 6) is -1.40. The Balaban J connectivity index is 2.62. The van der Waals surface area contributed by atoms with Crippen LogP contribution in [-0.2, 0) is 19.1 Å². The summed E-state index contributed by atoms with van der Waals surface area (Å²) in [5.41, 5.74) is 4.22. The van der Waals surface area contributed by atoms with E-state index in [0.717, 1.165) is 11.3 Å². The van der Waals surface area contributed by atoms with Gasteiger partial charge in [0.15, 0.2) is 0 Å². The Morgan fingerprint density at radius 1 is 0.893 bits per heavy atom. The highest BCUT2D eigenvalue weighted by Gasteiger charge is 2.38. The van der Waals surface area contributed by atoms with Crippen molar-refractivity contribution in [3.05, 3.63) is 52.4 Å². The molecule has 0 radical (unpaired) electrons. The minimum atomic E-state index is -0.541. The molecule has 0 spiro atoms. The van der Waals surface area contributed by atoms with Gasteiger partial charge >= 0.3 is 11.9 Å². The SMILES string of the molecule is CCOC(=O)C1=C(C)NC(C)=C(C(=O)OCC)C1c1ccc([N+](C)(C)C)cc1. The lowest BCUT2D eigenvalue weighted by molar-refractivity contribution is -0.139. The molecule has 0 saturated heterocycles. The highest BCUT2D eigenvalue weighted by molar-refractivity contribution is 5.99. The number of carbonyl (C=O) groups excluding carboxylic acids is 2. The van der Waals surface area contributed by atoms with E-state index in [-0.39, 0.29) is 13.2 Å². The number of benzene rings is 1. The molecule has 2 rings (SSSR count). The zero-order valence-electron chi connectivity index (χ0n) is 17.9. The maximum Gasteiger partial charge on any atom is 0.336 e. The first-order valence-electron chi connectivity index (χ1n) is 9.56. The van der Waals surface area contributed by atoms with Crippen LogP contribution in [0.5, 0.6) is 0 Å². The van der Waals surface area contributed by atoms with Gasteiger partial charge in [0.2, 0.25) is 0 Å². The maximum atomic E-state index is 12.8. The quantitative estimate of drug-likeness (QED) is 0.600. The van der Waals surface area contributed by atoms with E-state index in [1.54, 1.807) is 13.8 Å². The molecule has 0 amide bonds. The summed E-state index contributed by atoms with van der Waals surface area (Å²) in [4.78, 5) is 25.5. The number of hydrogen-bond donors (Lipinski definition) is 1. The molecule has 1 aliphatic rings. The van der Waals surface area contributed by atoms with Gasteiger partial charge in [0.05, 0.1) is 51.4 Å². The number of carbonyl (C=O) groups is 2. The molecule has 6 nitrogen and oxygen atoms in total. The number of rotatable bonds is 6. The third-order valence-electron chi connectivity index (χ3n) is 4.75. The number of quaternary nitrogens is 1. The van der Waals surface area contributed by atoms with Gasteiger partial charge in [-0.05, 0) is 45.4 Å². The normalized spacial score (nSPS) is 15.4. The summed E-state index contributed by atoms with van der Waals surface area (Å²) in [7, 11) is 6.26. The Morgan fingerprint density at radius 3 is 1.68 bits per heavy atom. The fraction of sp³-hybridized carbons (Fsp3) is 0.455. The Hall–Kier alpha value is -2.60. The Labute approximate surface area is 167 Å². The summed E-state index contributed by atoms with van der Waals surface area (Å²) in [6, 6.07) is 7.98. The van der Waals surface area contributed by atoms with E-state index >= 15 is 0 Å². The second-order valence-electron chi connectivity index (χ2n) is 7.68. The van der Waals surface area contributed by atoms with Crippen LogP contribution in [0.3, 0.4) is 0 Å². The second-order valence-corrected chi connectivity index (χ2v) is 7.68.